The van der Waals surface area contributed by atoms with E-state index in [-0.39, 0.29) is 24.2 Å². The van der Waals surface area contributed by atoms with Crippen LogP contribution >= 0.6 is 7.60 Å². The van der Waals surface area contributed by atoms with Crippen LogP contribution in [0, 0.1) is 0 Å². The van der Waals surface area contributed by atoms with Gasteiger partial charge in [0.25, 0.3) is 0 Å². The van der Waals surface area contributed by atoms with E-state index in [9.17, 15) is 22.6 Å². The molecule has 0 aliphatic heterocycles. The summed E-state index contributed by atoms with van der Waals surface area (Å²) in [6.07, 6.45) is -1.96. The molecule has 3 heterocycles. The second kappa shape index (κ2) is 6.25. The van der Waals surface area contributed by atoms with Gasteiger partial charge in [0, 0.05) is 18.0 Å². The molecular formula is C13H12F3N4O4P. The Balaban J connectivity index is 1.90. The van der Waals surface area contributed by atoms with Crippen molar-refractivity contribution in [2.24, 2.45) is 0 Å². The van der Waals surface area contributed by atoms with E-state index in [0.29, 0.717) is 11.3 Å². The predicted octanol–water partition coefficient (Wildman–Crippen LogP) is 3.13. The molecule has 1 atom stereocenters. The van der Waals surface area contributed by atoms with E-state index >= 15 is 0 Å². The van der Waals surface area contributed by atoms with Crippen LogP contribution in [0.3, 0.4) is 0 Å². The van der Waals surface area contributed by atoms with Crippen molar-refractivity contribution < 1.29 is 31.7 Å². The average Bonchev–Trinajstić information content (AvgIpc) is 3.11. The Morgan fingerprint density at radius 2 is 2.16 bits per heavy atom. The van der Waals surface area contributed by atoms with Crippen molar-refractivity contribution in [3.63, 3.8) is 0 Å². The van der Waals surface area contributed by atoms with Crippen LogP contribution in [0.1, 0.15) is 18.5 Å². The summed E-state index contributed by atoms with van der Waals surface area (Å²) in [6, 6.07) is 2.92. The molecule has 0 saturated carbocycles. The molecule has 1 unspecified atom stereocenters. The summed E-state index contributed by atoms with van der Waals surface area (Å²) in [5, 5.41) is 3.30. The van der Waals surface area contributed by atoms with Gasteiger partial charge in [0.05, 0.1) is 18.5 Å². The lowest BCUT2D eigenvalue weighted by Crippen LogP contribution is -2.04. The molecule has 0 aromatic carbocycles. The standard InChI is InChI=1S/C13H12F3N4O4P/c1-2-23-25(21,22)7-9-6-20-4-3-8(5-10(20)17-9)11-18-12(24-19-11)13(14,15)16/h3-6H,2,7H2,1H3,(H,21,22). The summed E-state index contributed by atoms with van der Waals surface area (Å²) in [6.45, 7) is 1.68. The summed E-state index contributed by atoms with van der Waals surface area (Å²) in [5.41, 5.74) is 0.920. The van der Waals surface area contributed by atoms with Gasteiger partial charge in [-0.3, -0.25) is 4.57 Å². The third-order valence-corrected chi connectivity index (χ3v) is 4.51. The van der Waals surface area contributed by atoms with E-state index in [1.807, 2.05) is 0 Å². The van der Waals surface area contributed by atoms with Gasteiger partial charge in [-0.15, -0.1) is 0 Å². The number of pyridine rings is 1. The van der Waals surface area contributed by atoms with Gasteiger partial charge < -0.3 is 18.3 Å². The molecule has 0 fully saturated rings. The summed E-state index contributed by atoms with van der Waals surface area (Å²) in [7, 11) is -3.80. The van der Waals surface area contributed by atoms with Crippen molar-refractivity contribution in [2.45, 2.75) is 19.3 Å². The Labute approximate surface area is 138 Å². The number of aromatic nitrogens is 4. The highest BCUT2D eigenvalue weighted by Gasteiger charge is 2.38. The maximum absolute atomic E-state index is 12.5. The van der Waals surface area contributed by atoms with Gasteiger partial charge in [0.15, 0.2) is 0 Å². The topological polar surface area (TPSA) is 103 Å². The van der Waals surface area contributed by atoms with E-state index in [0.717, 1.165) is 0 Å². The molecule has 1 N–H and O–H groups in total. The van der Waals surface area contributed by atoms with Gasteiger partial charge in [0.2, 0.25) is 5.82 Å². The van der Waals surface area contributed by atoms with Gasteiger partial charge in [-0.25, -0.2) is 4.98 Å². The van der Waals surface area contributed by atoms with Crippen LogP contribution in [0.2, 0.25) is 0 Å². The van der Waals surface area contributed by atoms with Crippen LogP contribution in [0.5, 0.6) is 0 Å². The first-order chi connectivity index (χ1) is 11.7. The van der Waals surface area contributed by atoms with Gasteiger partial charge in [-0.05, 0) is 19.1 Å². The molecular weight excluding hydrogens is 364 g/mol. The lowest BCUT2D eigenvalue weighted by molar-refractivity contribution is -0.159. The van der Waals surface area contributed by atoms with Gasteiger partial charge in [-0.1, -0.05) is 5.16 Å². The SMILES string of the molecule is CCOP(=O)(O)Cc1cn2ccc(-c3noc(C(F)(F)F)n3)cc2n1. The summed E-state index contributed by atoms with van der Waals surface area (Å²) < 4.78 is 59.9. The lowest BCUT2D eigenvalue weighted by Gasteiger charge is -2.07. The quantitative estimate of drug-likeness (QED) is 0.683. The van der Waals surface area contributed by atoms with Crippen molar-refractivity contribution in [1.82, 2.24) is 19.5 Å². The first kappa shape index (κ1) is 17.6. The second-order valence-electron chi connectivity index (χ2n) is 5.05. The number of nitrogens with zero attached hydrogens (tertiary/aromatic N) is 4. The molecule has 3 rings (SSSR count). The highest BCUT2D eigenvalue weighted by atomic mass is 31.2. The Hall–Kier alpha value is -2.23. The maximum atomic E-state index is 12.5. The second-order valence-corrected chi connectivity index (χ2v) is 6.90. The first-order valence-electron chi connectivity index (χ1n) is 7.03. The summed E-state index contributed by atoms with van der Waals surface area (Å²) in [4.78, 5) is 17.1. The number of halogens is 3. The third-order valence-electron chi connectivity index (χ3n) is 3.13. The van der Waals surface area contributed by atoms with Crippen molar-refractivity contribution in [3.8, 4) is 11.4 Å². The fourth-order valence-electron chi connectivity index (χ4n) is 2.16. The van der Waals surface area contributed by atoms with Crippen LogP contribution in [-0.2, 0) is 21.4 Å². The predicted molar refractivity (Wildman–Crippen MR) is 78.6 cm³/mol. The lowest BCUT2D eigenvalue weighted by atomic mass is 10.2. The normalized spacial score (nSPS) is 14.8. The van der Waals surface area contributed by atoms with Crippen molar-refractivity contribution in [3.05, 3.63) is 36.1 Å². The molecule has 3 aromatic heterocycles. The van der Waals surface area contributed by atoms with E-state index in [2.05, 4.69) is 19.6 Å². The molecule has 0 bridgehead atoms. The Morgan fingerprint density at radius 3 is 2.80 bits per heavy atom. The molecule has 0 spiro atoms. The zero-order chi connectivity index (χ0) is 18.2. The van der Waals surface area contributed by atoms with E-state index < -0.39 is 19.7 Å². The van der Waals surface area contributed by atoms with Crippen molar-refractivity contribution >= 4 is 13.2 Å². The molecule has 0 aliphatic carbocycles. The average molecular weight is 376 g/mol. The highest BCUT2D eigenvalue weighted by molar-refractivity contribution is 7.51. The molecule has 25 heavy (non-hydrogen) atoms. The number of rotatable bonds is 5. The molecule has 8 nitrogen and oxygen atoms in total. The molecule has 12 heteroatoms. The van der Waals surface area contributed by atoms with Gasteiger partial charge >= 0.3 is 19.7 Å². The number of fused-ring (bicyclic) bond motifs is 1. The van der Waals surface area contributed by atoms with E-state index in [1.54, 1.807) is 11.3 Å². The van der Waals surface area contributed by atoms with Gasteiger partial charge in [-0.2, -0.15) is 18.2 Å². The Morgan fingerprint density at radius 1 is 1.40 bits per heavy atom. The minimum absolute atomic E-state index is 0.0880. The third kappa shape index (κ3) is 3.89. The van der Waals surface area contributed by atoms with Crippen LogP contribution in [0.15, 0.2) is 29.0 Å². The molecule has 0 radical (unpaired) electrons. The zero-order valence-corrected chi connectivity index (χ0v) is 13.7. The molecule has 134 valence electrons. The van der Waals surface area contributed by atoms with Crippen molar-refractivity contribution in [1.29, 1.82) is 0 Å². The van der Waals surface area contributed by atoms with Crippen LogP contribution in [0.4, 0.5) is 13.2 Å². The molecule has 0 amide bonds. The minimum atomic E-state index is -4.72. The minimum Gasteiger partial charge on any atom is -0.329 e. The monoisotopic (exact) mass is 376 g/mol. The Bertz CT molecular complexity index is 952. The smallest absolute Gasteiger partial charge is 0.329 e. The fraction of sp³-hybridized carbons (Fsp3) is 0.308. The summed E-state index contributed by atoms with van der Waals surface area (Å²) >= 11 is 0. The largest absolute Gasteiger partial charge is 0.471 e. The maximum Gasteiger partial charge on any atom is 0.471 e. The number of hydrogen-bond donors (Lipinski definition) is 1. The zero-order valence-electron chi connectivity index (χ0n) is 12.8. The van der Waals surface area contributed by atoms with Crippen molar-refractivity contribution in [2.75, 3.05) is 6.61 Å². The molecule has 3 aromatic rings. The Kier molecular flexibility index (Phi) is 4.40. The number of alkyl halides is 3. The van der Waals surface area contributed by atoms with Gasteiger partial charge in [0.1, 0.15) is 5.65 Å². The fourth-order valence-corrected chi connectivity index (χ4v) is 3.21. The first-order valence-corrected chi connectivity index (χ1v) is 8.79. The number of imidazole rings is 1. The van der Waals surface area contributed by atoms with E-state index in [4.69, 9.17) is 4.52 Å². The highest BCUT2D eigenvalue weighted by Crippen LogP contribution is 2.45. The van der Waals surface area contributed by atoms with Crippen LogP contribution in [0.25, 0.3) is 17.0 Å². The molecule has 0 aliphatic rings. The van der Waals surface area contributed by atoms with Crippen LogP contribution < -0.4 is 0 Å². The molecule has 0 saturated heterocycles. The van der Waals surface area contributed by atoms with E-state index in [1.165, 1.54) is 24.5 Å². The number of hydrogen-bond acceptors (Lipinski definition) is 6. The van der Waals surface area contributed by atoms with Crippen LogP contribution in [-0.4, -0.2) is 31.0 Å². The summed E-state index contributed by atoms with van der Waals surface area (Å²) in [5.74, 6) is -1.68.